The number of thiazole rings is 1. The number of methoxy groups -OCH3 is 2. The highest BCUT2D eigenvalue weighted by Crippen LogP contribution is 2.36. The highest BCUT2D eigenvalue weighted by Gasteiger charge is 2.18. The monoisotopic (exact) mass is 459 g/mol. The van der Waals surface area contributed by atoms with Gasteiger partial charge in [-0.3, -0.25) is 4.79 Å². The first-order chi connectivity index (χ1) is 16.1. The first-order valence-electron chi connectivity index (χ1n) is 10.6. The molecule has 6 heteroatoms. The number of aromatic nitrogens is 1. The van der Waals surface area contributed by atoms with Crippen LogP contribution in [-0.2, 0) is 22.6 Å². The molecule has 0 fully saturated rings. The molecule has 4 rings (SSSR count). The van der Waals surface area contributed by atoms with E-state index >= 15 is 0 Å². The van der Waals surface area contributed by atoms with Crippen LogP contribution in [-0.4, -0.2) is 25.2 Å². The Morgan fingerprint density at radius 1 is 0.879 bits per heavy atom. The molecule has 3 aromatic carbocycles. The maximum Gasteiger partial charge on any atom is 0.312 e. The number of ether oxygens (including phenoxy) is 3. The zero-order chi connectivity index (χ0) is 23.2. The third kappa shape index (κ3) is 5.41. The second kappa shape index (κ2) is 10.3. The number of rotatable bonds is 8. The number of carbonyl (C=O) groups is 1. The highest BCUT2D eigenvalue weighted by molar-refractivity contribution is 7.18. The van der Waals surface area contributed by atoms with Gasteiger partial charge in [-0.25, -0.2) is 4.98 Å². The fourth-order valence-corrected chi connectivity index (χ4v) is 4.52. The fourth-order valence-electron chi connectivity index (χ4n) is 3.43. The Balaban J connectivity index is 1.54. The van der Waals surface area contributed by atoms with Crippen molar-refractivity contribution in [2.24, 2.45) is 0 Å². The largest absolute Gasteiger partial charge is 0.493 e. The average molecular weight is 460 g/mol. The van der Waals surface area contributed by atoms with Crippen LogP contribution < -0.4 is 9.47 Å². The van der Waals surface area contributed by atoms with Gasteiger partial charge >= 0.3 is 5.97 Å². The van der Waals surface area contributed by atoms with Gasteiger partial charge in [0.25, 0.3) is 0 Å². The van der Waals surface area contributed by atoms with Gasteiger partial charge in [-0.05, 0) is 30.2 Å². The number of esters is 1. The summed E-state index contributed by atoms with van der Waals surface area (Å²) in [5.74, 6) is 0.897. The quantitative estimate of drug-likeness (QED) is 0.299. The van der Waals surface area contributed by atoms with Gasteiger partial charge < -0.3 is 14.2 Å². The minimum absolute atomic E-state index is 0.0971. The van der Waals surface area contributed by atoms with Crippen molar-refractivity contribution in [1.82, 2.24) is 4.98 Å². The van der Waals surface area contributed by atoms with Gasteiger partial charge in [0, 0.05) is 5.56 Å². The lowest BCUT2D eigenvalue weighted by Crippen LogP contribution is -2.09. The Hall–Kier alpha value is -3.64. The zero-order valence-electron chi connectivity index (χ0n) is 18.8. The van der Waals surface area contributed by atoms with Crippen LogP contribution in [0.4, 0.5) is 0 Å². The summed E-state index contributed by atoms with van der Waals surface area (Å²) in [4.78, 5) is 18.5. The second-order valence-corrected chi connectivity index (χ2v) is 8.55. The number of aryl methyl sites for hydroxylation is 1. The van der Waals surface area contributed by atoms with Crippen molar-refractivity contribution in [3.05, 3.63) is 89.6 Å². The summed E-state index contributed by atoms with van der Waals surface area (Å²) >= 11 is 1.59. The zero-order valence-corrected chi connectivity index (χ0v) is 19.6. The molecule has 4 aromatic rings. The first kappa shape index (κ1) is 22.6. The number of carbonyl (C=O) groups excluding carboxylic acids is 1. The van der Waals surface area contributed by atoms with Crippen molar-refractivity contribution in [1.29, 1.82) is 0 Å². The van der Waals surface area contributed by atoms with E-state index in [1.54, 1.807) is 37.7 Å². The van der Waals surface area contributed by atoms with Crippen LogP contribution in [0.15, 0.2) is 72.8 Å². The van der Waals surface area contributed by atoms with Crippen LogP contribution in [0, 0.1) is 6.92 Å². The van der Waals surface area contributed by atoms with Crippen LogP contribution in [0.1, 0.15) is 16.8 Å². The molecule has 1 heterocycles. The van der Waals surface area contributed by atoms with Crippen LogP contribution in [0.3, 0.4) is 0 Å². The number of hydrogen-bond acceptors (Lipinski definition) is 6. The Bertz CT molecular complexity index is 1230. The van der Waals surface area contributed by atoms with Gasteiger partial charge in [-0.15, -0.1) is 11.3 Å². The van der Waals surface area contributed by atoms with Gasteiger partial charge in [-0.2, -0.15) is 0 Å². The van der Waals surface area contributed by atoms with Gasteiger partial charge in [0.1, 0.15) is 11.6 Å². The Morgan fingerprint density at radius 2 is 1.61 bits per heavy atom. The maximum atomic E-state index is 12.7. The Labute approximate surface area is 197 Å². The molecule has 0 amide bonds. The van der Waals surface area contributed by atoms with Crippen molar-refractivity contribution in [2.75, 3.05) is 14.2 Å². The molecule has 0 aliphatic carbocycles. The lowest BCUT2D eigenvalue weighted by Gasteiger charge is -2.10. The minimum atomic E-state index is -0.331. The smallest absolute Gasteiger partial charge is 0.312 e. The van der Waals surface area contributed by atoms with Crippen molar-refractivity contribution < 1.29 is 19.0 Å². The van der Waals surface area contributed by atoms with E-state index in [1.807, 2.05) is 36.4 Å². The summed E-state index contributed by atoms with van der Waals surface area (Å²) in [6.07, 6.45) is 0.0971. The van der Waals surface area contributed by atoms with E-state index in [1.165, 1.54) is 5.56 Å². The topological polar surface area (TPSA) is 57.7 Å². The summed E-state index contributed by atoms with van der Waals surface area (Å²) in [6, 6.07) is 23.7. The molecule has 0 atom stereocenters. The molecule has 5 nitrogen and oxygen atoms in total. The average Bonchev–Trinajstić information content (AvgIpc) is 3.27. The van der Waals surface area contributed by atoms with Crippen molar-refractivity contribution in [3.8, 4) is 32.5 Å². The highest BCUT2D eigenvalue weighted by atomic mass is 32.1. The van der Waals surface area contributed by atoms with E-state index in [2.05, 4.69) is 31.2 Å². The molecular formula is C27H25NO4S. The van der Waals surface area contributed by atoms with Gasteiger partial charge in [0.05, 0.1) is 31.2 Å². The maximum absolute atomic E-state index is 12.7. The Morgan fingerprint density at radius 3 is 2.30 bits per heavy atom. The Kier molecular flexibility index (Phi) is 7.05. The number of nitrogens with zero attached hydrogens (tertiary/aromatic N) is 1. The summed E-state index contributed by atoms with van der Waals surface area (Å²) in [6.45, 7) is 2.20. The molecule has 0 N–H and O–H groups in total. The lowest BCUT2D eigenvalue weighted by molar-refractivity contribution is -0.144. The van der Waals surface area contributed by atoms with Crippen LogP contribution in [0.25, 0.3) is 21.0 Å². The van der Waals surface area contributed by atoms with E-state index in [9.17, 15) is 4.79 Å². The molecule has 168 valence electrons. The van der Waals surface area contributed by atoms with E-state index < -0.39 is 0 Å². The predicted octanol–water partition coefficient (Wildman–Crippen LogP) is 6.09. The summed E-state index contributed by atoms with van der Waals surface area (Å²) in [5, 5.41) is 0.883. The molecule has 33 heavy (non-hydrogen) atoms. The van der Waals surface area contributed by atoms with Gasteiger partial charge in [-0.1, -0.05) is 66.2 Å². The third-order valence-electron chi connectivity index (χ3n) is 5.19. The molecule has 0 saturated carbocycles. The molecule has 0 saturated heterocycles. The van der Waals surface area contributed by atoms with E-state index in [0.29, 0.717) is 11.5 Å². The van der Waals surface area contributed by atoms with E-state index in [-0.39, 0.29) is 19.0 Å². The summed E-state index contributed by atoms with van der Waals surface area (Å²) < 4.78 is 16.1. The summed E-state index contributed by atoms with van der Waals surface area (Å²) in [7, 11) is 3.16. The fraction of sp³-hybridized carbons (Fsp3) is 0.185. The standard InChI is InChI=1S/C27H25NO4S/c1-18-9-12-20(13-10-18)26-22(28-27(33-26)21-7-5-4-6-8-21)16-25(29)32-17-19-11-14-23(30-2)24(15-19)31-3/h4-15H,16-17H2,1-3H3. The van der Waals surface area contributed by atoms with E-state index in [4.69, 9.17) is 19.2 Å². The molecule has 0 aliphatic rings. The first-order valence-corrected chi connectivity index (χ1v) is 11.4. The SMILES string of the molecule is COc1ccc(COC(=O)Cc2nc(-c3ccccc3)sc2-c2ccc(C)cc2)cc1OC. The molecule has 0 radical (unpaired) electrons. The molecule has 0 spiro atoms. The minimum Gasteiger partial charge on any atom is -0.493 e. The van der Waals surface area contributed by atoms with Crippen LogP contribution in [0.2, 0.25) is 0 Å². The van der Waals surface area contributed by atoms with Gasteiger partial charge in [0.15, 0.2) is 11.5 Å². The molecule has 0 unspecified atom stereocenters. The normalized spacial score (nSPS) is 10.6. The summed E-state index contributed by atoms with van der Waals surface area (Å²) in [5.41, 5.74) is 4.80. The van der Waals surface area contributed by atoms with Gasteiger partial charge in [0.2, 0.25) is 0 Å². The predicted molar refractivity (Wildman–Crippen MR) is 131 cm³/mol. The van der Waals surface area contributed by atoms with Crippen molar-refractivity contribution >= 4 is 17.3 Å². The van der Waals surface area contributed by atoms with Crippen molar-refractivity contribution in [2.45, 2.75) is 20.0 Å². The van der Waals surface area contributed by atoms with Crippen molar-refractivity contribution in [3.63, 3.8) is 0 Å². The van der Waals surface area contributed by atoms with E-state index in [0.717, 1.165) is 32.3 Å². The molecule has 1 aromatic heterocycles. The molecular weight excluding hydrogens is 434 g/mol. The van der Waals surface area contributed by atoms with Crippen LogP contribution >= 0.6 is 11.3 Å². The molecule has 0 bridgehead atoms. The third-order valence-corrected chi connectivity index (χ3v) is 6.39. The lowest BCUT2D eigenvalue weighted by atomic mass is 10.1. The second-order valence-electron chi connectivity index (χ2n) is 7.55. The number of benzene rings is 3. The molecule has 0 aliphatic heterocycles. The number of hydrogen-bond donors (Lipinski definition) is 0. The van der Waals surface area contributed by atoms with Crippen LogP contribution in [0.5, 0.6) is 11.5 Å².